The number of ether oxygens (including phenoxy) is 2. The number of aliphatic hydroxyl groups is 1. The highest BCUT2D eigenvalue weighted by Crippen LogP contribution is 2.24. The van der Waals surface area contributed by atoms with Gasteiger partial charge in [-0.1, -0.05) is 6.07 Å². The maximum Gasteiger partial charge on any atom is 0.166 e. The zero-order valence-electron chi connectivity index (χ0n) is 12.7. The van der Waals surface area contributed by atoms with Crippen LogP contribution in [0.15, 0.2) is 48.7 Å². The third-order valence-electron chi connectivity index (χ3n) is 3.48. The summed E-state index contributed by atoms with van der Waals surface area (Å²) in [5, 5.41) is 19.6. The molecule has 0 fully saturated rings. The van der Waals surface area contributed by atoms with Crippen LogP contribution in [0.25, 0.3) is 10.9 Å². The van der Waals surface area contributed by atoms with Crippen LogP contribution >= 0.6 is 0 Å². The van der Waals surface area contributed by atoms with Crippen molar-refractivity contribution in [3.63, 3.8) is 0 Å². The van der Waals surface area contributed by atoms with Crippen LogP contribution in [0.4, 0.5) is 4.39 Å². The molecule has 0 aliphatic heterocycles. The molecule has 2 aromatic carbocycles. The Balaban J connectivity index is 1.55. The highest BCUT2D eigenvalue weighted by molar-refractivity contribution is 5.85. The molecule has 6 heteroatoms. The Labute approximate surface area is 137 Å². The van der Waals surface area contributed by atoms with Gasteiger partial charge in [0, 0.05) is 17.1 Å². The number of nitrogens with one attached hydrogen (secondary N) is 1. The SMILES string of the molecule is N#Cc1ccc(OCC(O)COc2cccc3[nH]ccc23)c(F)c1. The van der Waals surface area contributed by atoms with Crippen molar-refractivity contribution in [1.82, 2.24) is 4.98 Å². The van der Waals surface area contributed by atoms with Crippen molar-refractivity contribution in [3.05, 3.63) is 60.0 Å². The van der Waals surface area contributed by atoms with Crippen LogP contribution in [0.1, 0.15) is 5.56 Å². The number of hydrogen-bond donors (Lipinski definition) is 2. The summed E-state index contributed by atoms with van der Waals surface area (Å²) in [7, 11) is 0. The van der Waals surface area contributed by atoms with Gasteiger partial charge in [-0.3, -0.25) is 0 Å². The number of hydrogen-bond acceptors (Lipinski definition) is 4. The molecule has 3 rings (SSSR count). The predicted molar refractivity (Wildman–Crippen MR) is 86.4 cm³/mol. The zero-order chi connectivity index (χ0) is 16.9. The minimum absolute atomic E-state index is 0.0132. The first-order valence-corrected chi connectivity index (χ1v) is 7.37. The first-order chi connectivity index (χ1) is 11.7. The van der Waals surface area contributed by atoms with Crippen LogP contribution in [-0.4, -0.2) is 29.4 Å². The third kappa shape index (κ3) is 3.47. The molecule has 3 aromatic rings. The predicted octanol–water partition coefficient (Wildman–Crippen LogP) is 3.00. The van der Waals surface area contributed by atoms with Crippen molar-refractivity contribution < 1.29 is 19.0 Å². The topological polar surface area (TPSA) is 78.3 Å². The number of nitriles is 1. The molecule has 1 atom stereocenters. The second-order valence-electron chi connectivity index (χ2n) is 5.23. The van der Waals surface area contributed by atoms with Gasteiger partial charge in [-0.2, -0.15) is 5.26 Å². The zero-order valence-corrected chi connectivity index (χ0v) is 12.7. The average molecular weight is 326 g/mol. The van der Waals surface area contributed by atoms with Gasteiger partial charge in [0.1, 0.15) is 25.1 Å². The van der Waals surface area contributed by atoms with Crippen molar-refractivity contribution in [2.45, 2.75) is 6.10 Å². The molecule has 0 saturated carbocycles. The van der Waals surface area contributed by atoms with E-state index in [1.54, 1.807) is 0 Å². The summed E-state index contributed by atoms with van der Waals surface area (Å²) in [4.78, 5) is 3.08. The number of H-pyrrole nitrogens is 1. The molecule has 5 nitrogen and oxygen atoms in total. The monoisotopic (exact) mass is 326 g/mol. The normalized spacial score (nSPS) is 11.9. The molecule has 1 unspecified atom stereocenters. The molecule has 0 aliphatic carbocycles. The molecule has 122 valence electrons. The van der Waals surface area contributed by atoms with E-state index in [0.29, 0.717) is 5.75 Å². The van der Waals surface area contributed by atoms with Crippen molar-refractivity contribution in [2.24, 2.45) is 0 Å². The van der Waals surface area contributed by atoms with E-state index in [2.05, 4.69) is 4.98 Å². The number of fused-ring (bicyclic) bond motifs is 1. The Bertz CT molecular complexity index is 885. The second-order valence-corrected chi connectivity index (χ2v) is 5.23. The quantitative estimate of drug-likeness (QED) is 0.730. The molecule has 1 aromatic heterocycles. The number of halogens is 1. The summed E-state index contributed by atoms with van der Waals surface area (Å²) in [6.07, 6.45) is 0.888. The van der Waals surface area contributed by atoms with E-state index in [9.17, 15) is 9.50 Å². The minimum Gasteiger partial charge on any atom is -0.490 e. The fourth-order valence-corrected chi connectivity index (χ4v) is 2.29. The van der Waals surface area contributed by atoms with Crippen LogP contribution < -0.4 is 9.47 Å². The number of aromatic amines is 1. The van der Waals surface area contributed by atoms with Gasteiger partial charge in [-0.05, 0) is 36.4 Å². The van der Waals surface area contributed by atoms with E-state index in [1.165, 1.54) is 12.1 Å². The Kier molecular flexibility index (Phi) is 4.64. The van der Waals surface area contributed by atoms with Gasteiger partial charge < -0.3 is 19.6 Å². The standard InChI is InChI=1S/C18H15FN2O3/c19-15-8-12(9-20)4-5-18(15)24-11-13(22)10-23-17-3-1-2-16-14(17)6-7-21-16/h1-8,13,21-22H,10-11H2. The molecular formula is C18H15FN2O3. The van der Waals surface area contributed by atoms with Gasteiger partial charge in [0.25, 0.3) is 0 Å². The van der Waals surface area contributed by atoms with Gasteiger partial charge in [0.2, 0.25) is 0 Å². The van der Waals surface area contributed by atoms with E-state index in [0.717, 1.165) is 17.0 Å². The number of rotatable bonds is 6. The lowest BCUT2D eigenvalue weighted by Gasteiger charge is -2.14. The van der Waals surface area contributed by atoms with E-state index >= 15 is 0 Å². The summed E-state index contributed by atoms with van der Waals surface area (Å²) in [5.74, 6) is -0.00241. The van der Waals surface area contributed by atoms with Crippen molar-refractivity contribution >= 4 is 10.9 Å². The number of aliphatic hydroxyl groups excluding tert-OH is 1. The van der Waals surface area contributed by atoms with Gasteiger partial charge >= 0.3 is 0 Å². The van der Waals surface area contributed by atoms with E-state index in [4.69, 9.17) is 14.7 Å². The van der Waals surface area contributed by atoms with E-state index in [1.807, 2.05) is 36.5 Å². The minimum atomic E-state index is -0.922. The maximum absolute atomic E-state index is 13.7. The highest BCUT2D eigenvalue weighted by atomic mass is 19.1. The summed E-state index contributed by atoms with van der Waals surface area (Å²) >= 11 is 0. The lowest BCUT2D eigenvalue weighted by atomic mass is 10.2. The molecule has 0 aliphatic rings. The Morgan fingerprint density at radius 1 is 1.12 bits per heavy atom. The molecule has 0 radical (unpaired) electrons. The highest BCUT2D eigenvalue weighted by Gasteiger charge is 2.11. The summed E-state index contributed by atoms with van der Waals surface area (Å²) in [5.41, 5.74) is 1.15. The van der Waals surface area contributed by atoms with Crippen molar-refractivity contribution in [2.75, 3.05) is 13.2 Å². The second kappa shape index (κ2) is 7.02. The van der Waals surface area contributed by atoms with Gasteiger partial charge in [-0.15, -0.1) is 0 Å². The fourth-order valence-electron chi connectivity index (χ4n) is 2.29. The van der Waals surface area contributed by atoms with Gasteiger partial charge in [0.05, 0.1) is 11.6 Å². The maximum atomic E-state index is 13.7. The molecule has 24 heavy (non-hydrogen) atoms. The summed E-state index contributed by atoms with van der Waals surface area (Å²) < 4.78 is 24.5. The molecule has 2 N–H and O–H groups in total. The molecule has 0 bridgehead atoms. The lowest BCUT2D eigenvalue weighted by Crippen LogP contribution is -2.25. The average Bonchev–Trinajstić information content (AvgIpc) is 3.08. The molecular weight excluding hydrogens is 311 g/mol. The Hall–Kier alpha value is -3.04. The third-order valence-corrected chi connectivity index (χ3v) is 3.48. The summed E-state index contributed by atoms with van der Waals surface area (Å²) in [6, 6.07) is 13.2. The van der Waals surface area contributed by atoms with Crippen LogP contribution in [0.5, 0.6) is 11.5 Å². The van der Waals surface area contributed by atoms with E-state index in [-0.39, 0.29) is 24.5 Å². The molecule has 0 spiro atoms. The number of nitrogens with zero attached hydrogens (tertiary/aromatic N) is 1. The van der Waals surface area contributed by atoms with Crippen LogP contribution in [0, 0.1) is 17.1 Å². The van der Waals surface area contributed by atoms with Crippen LogP contribution in [0.3, 0.4) is 0 Å². The lowest BCUT2D eigenvalue weighted by molar-refractivity contribution is 0.0618. The molecule has 0 amide bonds. The number of aromatic nitrogens is 1. The van der Waals surface area contributed by atoms with Gasteiger partial charge in [-0.25, -0.2) is 4.39 Å². The Morgan fingerprint density at radius 3 is 2.67 bits per heavy atom. The first kappa shape index (κ1) is 15.8. The largest absolute Gasteiger partial charge is 0.490 e. The Morgan fingerprint density at radius 2 is 1.92 bits per heavy atom. The molecule has 0 saturated heterocycles. The van der Waals surface area contributed by atoms with Crippen molar-refractivity contribution in [1.29, 1.82) is 5.26 Å². The summed E-state index contributed by atoms with van der Waals surface area (Å²) in [6.45, 7) is -0.103. The first-order valence-electron chi connectivity index (χ1n) is 7.37. The van der Waals surface area contributed by atoms with Crippen LogP contribution in [0.2, 0.25) is 0 Å². The van der Waals surface area contributed by atoms with Crippen molar-refractivity contribution in [3.8, 4) is 17.6 Å². The van der Waals surface area contributed by atoms with Crippen LogP contribution in [-0.2, 0) is 0 Å². The van der Waals surface area contributed by atoms with Gasteiger partial charge in [0.15, 0.2) is 11.6 Å². The fraction of sp³-hybridized carbons (Fsp3) is 0.167. The molecule has 1 heterocycles. The smallest absolute Gasteiger partial charge is 0.166 e. The number of benzene rings is 2. The van der Waals surface area contributed by atoms with E-state index < -0.39 is 11.9 Å².